The monoisotopic (exact) mass is 178 g/mol. The molecule has 70 valence electrons. The molecule has 2 rings (SSSR count). The van der Waals surface area contributed by atoms with Crippen LogP contribution in [0.2, 0.25) is 0 Å². The SMILES string of the molecule is N[C@H](CC1CC1)c1ccc[nH]c1=O. The number of H-pyrrole nitrogens is 1. The van der Waals surface area contributed by atoms with Crippen molar-refractivity contribution in [3.8, 4) is 0 Å². The third-order valence-electron chi connectivity index (χ3n) is 2.53. The number of aromatic amines is 1. The second kappa shape index (κ2) is 3.34. The summed E-state index contributed by atoms with van der Waals surface area (Å²) in [5.41, 5.74) is 6.59. The van der Waals surface area contributed by atoms with E-state index in [1.54, 1.807) is 6.20 Å². The van der Waals surface area contributed by atoms with Crippen LogP contribution < -0.4 is 11.3 Å². The first-order chi connectivity index (χ1) is 6.27. The van der Waals surface area contributed by atoms with Crippen LogP contribution in [0.3, 0.4) is 0 Å². The number of aromatic nitrogens is 1. The summed E-state index contributed by atoms with van der Waals surface area (Å²) < 4.78 is 0. The zero-order valence-corrected chi connectivity index (χ0v) is 7.49. The van der Waals surface area contributed by atoms with Crippen LogP contribution >= 0.6 is 0 Å². The highest BCUT2D eigenvalue weighted by molar-refractivity contribution is 5.14. The maximum Gasteiger partial charge on any atom is 0.252 e. The van der Waals surface area contributed by atoms with Crippen molar-refractivity contribution in [3.63, 3.8) is 0 Å². The van der Waals surface area contributed by atoms with Gasteiger partial charge in [0.05, 0.1) is 0 Å². The van der Waals surface area contributed by atoms with Crippen LogP contribution in [0, 0.1) is 5.92 Å². The van der Waals surface area contributed by atoms with Crippen molar-refractivity contribution in [2.75, 3.05) is 0 Å². The Balaban J connectivity index is 2.13. The first-order valence-corrected chi connectivity index (χ1v) is 4.70. The molecular weight excluding hydrogens is 164 g/mol. The van der Waals surface area contributed by atoms with Crippen molar-refractivity contribution in [2.24, 2.45) is 11.7 Å². The maximum atomic E-state index is 11.3. The van der Waals surface area contributed by atoms with Crippen molar-refractivity contribution in [1.29, 1.82) is 0 Å². The van der Waals surface area contributed by atoms with E-state index in [4.69, 9.17) is 5.73 Å². The average Bonchev–Trinajstić information content (AvgIpc) is 2.89. The lowest BCUT2D eigenvalue weighted by atomic mass is 10.0. The first kappa shape index (κ1) is 8.51. The van der Waals surface area contributed by atoms with Gasteiger partial charge in [-0.3, -0.25) is 4.79 Å². The van der Waals surface area contributed by atoms with Crippen LogP contribution in [0.1, 0.15) is 30.9 Å². The van der Waals surface area contributed by atoms with Crippen molar-refractivity contribution in [1.82, 2.24) is 4.98 Å². The molecule has 0 spiro atoms. The summed E-state index contributed by atoms with van der Waals surface area (Å²) in [6.45, 7) is 0. The number of hydrogen-bond donors (Lipinski definition) is 2. The van der Waals surface area contributed by atoms with Gasteiger partial charge in [0.1, 0.15) is 0 Å². The topological polar surface area (TPSA) is 58.9 Å². The molecule has 1 fully saturated rings. The molecule has 0 amide bonds. The third kappa shape index (κ3) is 1.98. The number of nitrogens with two attached hydrogens (primary N) is 1. The third-order valence-corrected chi connectivity index (χ3v) is 2.53. The largest absolute Gasteiger partial charge is 0.329 e. The lowest BCUT2D eigenvalue weighted by Crippen LogP contribution is -2.21. The van der Waals surface area contributed by atoms with Crippen LogP contribution in [-0.4, -0.2) is 4.98 Å². The van der Waals surface area contributed by atoms with Crippen LogP contribution in [0.15, 0.2) is 23.1 Å². The second-order valence-corrected chi connectivity index (χ2v) is 3.74. The Morgan fingerprint density at radius 3 is 3.00 bits per heavy atom. The molecule has 13 heavy (non-hydrogen) atoms. The number of pyridine rings is 1. The van der Waals surface area contributed by atoms with E-state index in [1.165, 1.54) is 12.8 Å². The number of hydrogen-bond acceptors (Lipinski definition) is 2. The van der Waals surface area contributed by atoms with Crippen LogP contribution in [-0.2, 0) is 0 Å². The summed E-state index contributed by atoms with van der Waals surface area (Å²) in [5.74, 6) is 0.759. The summed E-state index contributed by atoms with van der Waals surface area (Å²) in [4.78, 5) is 14.0. The summed E-state index contributed by atoms with van der Waals surface area (Å²) in [7, 11) is 0. The minimum absolute atomic E-state index is 0.0457. The minimum atomic E-state index is -0.0857. The molecule has 0 saturated heterocycles. The molecular formula is C10H14N2O. The molecule has 0 radical (unpaired) electrons. The van der Waals surface area contributed by atoms with Crippen LogP contribution in [0.5, 0.6) is 0 Å². The van der Waals surface area contributed by atoms with Gasteiger partial charge in [-0.2, -0.15) is 0 Å². The molecule has 0 aliphatic heterocycles. The van der Waals surface area contributed by atoms with E-state index in [2.05, 4.69) is 4.98 Å². The average molecular weight is 178 g/mol. The van der Waals surface area contributed by atoms with Gasteiger partial charge in [-0.1, -0.05) is 18.9 Å². The zero-order valence-electron chi connectivity index (χ0n) is 7.49. The van der Waals surface area contributed by atoms with Gasteiger partial charge in [-0.05, 0) is 18.4 Å². The summed E-state index contributed by atoms with van der Waals surface area (Å²) in [5, 5.41) is 0. The number of nitrogens with one attached hydrogen (secondary N) is 1. The molecule has 1 heterocycles. The van der Waals surface area contributed by atoms with Gasteiger partial charge in [0.2, 0.25) is 0 Å². The Morgan fingerprint density at radius 2 is 2.38 bits per heavy atom. The molecule has 0 unspecified atom stereocenters. The molecule has 1 atom stereocenters. The fourth-order valence-electron chi connectivity index (χ4n) is 1.57. The fraction of sp³-hybridized carbons (Fsp3) is 0.500. The smallest absolute Gasteiger partial charge is 0.252 e. The molecule has 1 aromatic rings. The van der Waals surface area contributed by atoms with Gasteiger partial charge in [0.25, 0.3) is 5.56 Å². The van der Waals surface area contributed by atoms with Crippen molar-refractivity contribution in [2.45, 2.75) is 25.3 Å². The summed E-state index contributed by atoms with van der Waals surface area (Å²) in [6.07, 6.45) is 5.14. The predicted octanol–water partition coefficient (Wildman–Crippen LogP) is 1.17. The first-order valence-electron chi connectivity index (χ1n) is 4.70. The molecule has 1 aliphatic rings. The van der Waals surface area contributed by atoms with Crippen molar-refractivity contribution < 1.29 is 0 Å². The molecule has 0 aromatic carbocycles. The van der Waals surface area contributed by atoms with E-state index in [1.807, 2.05) is 12.1 Å². The normalized spacial score (nSPS) is 18.5. The summed E-state index contributed by atoms with van der Waals surface area (Å²) in [6, 6.07) is 3.55. The van der Waals surface area contributed by atoms with E-state index in [-0.39, 0.29) is 11.6 Å². The predicted molar refractivity (Wildman–Crippen MR) is 51.3 cm³/mol. The van der Waals surface area contributed by atoms with Gasteiger partial charge >= 0.3 is 0 Å². The van der Waals surface area contributed by atoms with E-state index in [9.17, 15) is 4.79 Å². The van der Waals surface area contributed by atoms with Gasteiger partial charge in [-0.25, -0.2) is 0 Å². The van der Waals surface area contributed by atoms with Crippen LogP contribution in [0.4, 0.5) is 0 Å². The standard InChI is InChI=1S/C10H14N2O/c11-9(6-7-3-4-7)8-2-1-5-12-10(8)13/h1-2,5,7,9H,3-4,6,11H2,(H,12,13)/t9-/m1/s1. The fourth-order valence-corrected chi connectivity index (χ4v) is 1.57. The van der Waals surface area contributed by atoms with E-state index >= 15 is 0 Å². The Labute approximate surface area is 77.0 Å². The van der Waals surface area contributed by atoms with Crippen molar-refractivity contribution >= 4 is 0 Å². The molecule has 1 aliphatic carbocycles. The lowest BCUT2D eigenvalue weighted by Gasteiger charge is -2.09. The second-order valence-electron chi connectivity index (χ2n) is 3.74. The maximum absolute atomic E-state index is 11.3. The van der Waals surface area contributed by atoms with Gasteiger partial charge in [0.15, 0.2) is 0 Å². The molecule has 1 aromatic heterocycles. The van der Waals surface area contributed by atoms with Crippen LogP contribution in [0.25, 0.3) is 0 Å². The molecule has 3 nitrogen and oxygen atoms in total. The Morgan fingerprint density at radius 1 is 1.62 bits per heavy atom. The van der Waals surface area contributed by atoms with E-state index in [0.717, 1.165) is 17.9 Å². The van der Waals surface area contributed by atoms with Crippen molar-refractivity contribution in [3.05, 3.63) is 34.2 Å². The molecule has 0 bridgehead atoms. The molecule has 3 N–H and O–H groups in total. The lowest BCUT2D eigenvalue weighted by molar-refractivity contribution is 0.591. The van der Waals surface area contributed by atoms with E-state index < -0.39 is 0 Å². The van der Waals surface area contributed by atoms with Gasteiger partial charge < -0.3 is 10.7 Å². The van der Waals surface area contributed by atoms with Gasteiger partial charge in [-0.15, -0.1) is 0 Å². The Kier molecular flexibility index (Phi) is 2.19. The molecule has 1 saturated carbocycles. The minimum Gasteiger partial charge on any atom is -0.329 e. The highest BCUT2D eigenvalue weighted by Gasteiger charge is 2.25. The number of rotatable bonds is 3. The van der Waals surface area contributed by atoms with Gasteiger partial charge in [0, 0.05) is 17.8 Å². The molecule has 3 heteroatoms. The Bertz CT molecular complexity index is 341. The highest BCUT2D eigenvalue weighted by Crippen LogP contribution is 2.35. The summed E-state index contributed by atoms with van der Waals surface area (Å²) >= 11 is 0. The van der Waals surface area contributed by atoms with E-state index in [0.29, 0.717) is 0 Å². The highest BCUT2D eigenvalue weighted by atomic mass is 16.1. The quantitative estimate of drug-likeness (QED) is 0.730. The zero-order chi connectivity index (χ0) is 9.26. The Hall–Kier alpha value is -1.09.